The number of carbonyl (C=O) groups is 3. The molecule has 0 aromatic carbocycles. The number of carboxylic acids is 1. The minimum Gasteiger partial charge on any atom is -0.481 e. The summed E-state index contributed by atoms with van der Waals surface area (Å²) in [6, 6.07) is -0.535. The Morgan fingerprint density at radius 3 is 2.47 bits per heavy atom. The molecule has 0 bridgehead atoms. The van der Waals surface area contributed by atoms with E-state index in [9.17, 15) is 14.4 Å². The molecular weight excluding hydrogens is 250 g/mol. The number of urea groups is 1. The van der Waals surface area contributed by atoms with Crippen molar-refractivity contribution in [1.29, 1.82) is 0 Å². The number of rotatable bonds is 5. The highest BCUT2D eigenvalue weighted by atomic mass is 16.4. The zero-order valence-corrected chi connectivity index (χ0v) is 11.2. The largest absolute Gasteiger partial charge is 0.481 e. The summed E-state index contributed by atoms with van der Waals surface area (Å²) >= 11 is 0. The summed E-state index contributed by atoms with van der Waals surface area (Å²) in [6.45, 7) is 3.59. The molecule has 0 aliphatic heterocycles. The van der Waals surface area contributed by atoms with E-state index in [0.29, 0.717) is 19.3 Å². The quantitative estimate of drug-likeness (QED) is 0.567. The van der Waals surface area contributed by atoms with Crippen LogP contribution in [0.2, 0.25) is 0 Å². The fourth-order valence-corrected chi connectivity index (χ4v) is 2.11. The van der Waals surface area contributed by atoms with Crippen molar-refractivity contribution in [2.24, 2.45) is 5.92 Å². The van der Waals surface area contributed by atoms with Gasteiger partial charge in [-0.3, -0.25) is 9.59 Å². The van der Waals surface area contributed by atoms with Crippen LogP contribution in [0.3, 0.4) is 0 Å². The summed E-state index contributed by atoms with van der Waals surface area (Å²) in [4.78, 5) is 33.6. The lowest BCUT2D eigenvalue weighted by Gasteiger charge is -2.14. The molecule has 0 radical (unpaired) electrons. The molecule has 0 aromatic heterocycles. The van der Waals surface area contributed by atoms with Crippen molar-refractivity contribution in [3.63, 3.8) is 0 Å². The van der Waals surface area contributed by atoms with Crippen molar-refractivity contribution < 1.29 is 19.5 Å². The van der Waals surface area contributed by atoms with Gasteiger partial charge in [-0.2, -0.15) is 0 Å². The SMILES string of the molecule is CC(C)NC(=O)CNC(=O)N[C@H]1CC[C@@H](C(=O)O)C1. The predicted octanol–water partition coefficient (Wildman–Crippen LogP) is 0.0635. The van der Waals surface area contributed by atoms with E-state index in [-0.39, 0.29) is 30.5 Å². The second-order valence-corrected chi connectivity index (χ2v) is 5.09. The third kappa shape index (κ3) is 5.58. The molecule has 0 spiro atoms. The van der Waals surface area contributed by atoms with Gasteiger partial charge >= 0.3 is 12.0 Å². The zero-order valence-electron chi connectivity index (χ0n) is 11.2. The van der Waals surface area contributed by atoms with Gasteiger partial charge in [0.25, 0.3) is 0 Å². The first-order valence-electron chi connectivity index (χ1n) is 6.45. The fourth-order valence-electron chi connectivity index (χ4n) is 2.11. The Morgan fingerprint density at radius 2 is 1.95 bits per heavy atom. The topological polar surface area (TPSA) is 108 Å². The average Bonchev–Trinajstić information content (AvgIpc) is 2.74. The maximum atomic E-state index is 11.5. The Balaban J connectivity index is 2.22. The van der Waals surface area contributed by atoms with E-state index in [0.717, 1.165) is 0 Å². The molecule has 2 atom stereocenters. The Morgan fingerprint density at radius 1 is 1.26 bits per heavy atom. The van der Waals surface area contributed by atoms with Crippen molar-refractivity contribution in [1.82, 2.24) is 16.0 Å². The second-order valence-electron chi connectivity index (χ2n) is 5.09. The molecular formula is C12H21N3O4. The van der Waals surface area contributed by atoms with Crippen LogP contribution in [0.5, 0.6) is 0 Å². The standard InChI is InChI=1S/C12H21N3O4/c1-7(2)14-10(16)6-13-12(19)15-9-4-3-8(5-9)11(17)18/h7-9H,3-6H2,1-2H3,(H,14,16)(H,17,18)(H2,13,15,19)/t8-,9+/m1/s1. The molecule has 19 heavy (non-hydrogen) atoms. The number of carboxylic acid groups (broad SMARTS) is 1. The molecule has 1 rings (SSSR count). The van der Waals surface area contributed by atoms with Gasteiger partial charge in [-0.1, -0.05) is 0 Å². The Bertz CT molecular complexity index is 357. The van der Waals surface area contributed by atoms with Gasteiger partial charge in [0.05, 0.1) is 12.5 Å². The summed E-state index contributed by atoms with van der Waals surface area (Å²) in [5.74, 6) is -1.45. The van der Waals surface area contributed by atoms with Gasteiger partial charge in [0.2, 0.25) is 5.91 Å². The molecule has 1 aliphatic rings. The highest BCUT2D eigenvalue weighted by molar-refractivity contribution is 5.84. The fraction of sp³-hybridized carbons (Fsp3) is 0.750. The normalized spacial score (nSPS) is 22.1. The van der Waals surface area contributed by atoms with E-state index in [1.54, 1.807) is 0 Å². The van der Waals surface area contributed by atoms with Crippen LogP contribution in [-0.4, -0.2) is 41.6 Å². The lowest BCUT2D eigenvalue weighted by atomic mass is 10.1. The molecule has 7 nitrogen and oxygen atoms in total. The van der Waals surface area contributed by atoms with E-state index < -0.39 is 12.0 Å². The third-order valence-electron chi connectivity index (χ3n) is 2.98. The summed E-state index contributed by atoms with van der Waals surface area (Å²) in [5, 5.41) is 16.6. The van der Waals surface area contributed by atoms with Crippen LogP contribution in [0, 0.1) is 5.92 Å². The second kappa shape index (κ2) is 6.96. The average molecular weight is 271 g/mol. The number of aliphatic carboxylic acids is 1. The molecule has 1 saturated carbocycles. The number of hydrogen-bond acceptors (Lipinski definition) is 3. The maximum absolute atomic E-state index is 11.5. The summed E-state index contributed by atoms with van der Waals surface area (Å²) < 4.78 is 0. The summed E-state index contributed by atoms with van der Waals surface area (Å²) in [7, 11) is 0. The van der Waals surface area contributed by atoms with Crippen LogP contribution in [0.25, 0.3) is 0 Å². The van der Waals surface area contributed by atoms with Gasteiger partial charge < -0.3 is 21.1 Å². The first-order chi connectivity index (χ1) is 8.88. The lowest BCUT2D eigenvalue weighted by molar-refractivity contribution is -0.141. The monoisotopic (exact) mass is 271 g/mol. The number of hydrogen-bond donors (Lipinski definition) is 4. The van der Waals surface area contributed by atoms with E-state index in [1.807, 2.05) is 13.8 Å². The molecule has 0 unspecified atom stereocenters. The van der Waals surface area contributed by atoms with Crippen molar-refractivity contribution in [3.05, 3.63) is 0 Å². The van der Waals surface area contributed by atoms with E-state index >= 15 is 0 Å². The van der Waals surface area contributed by atoms with Gasteiger partial charge in [-0.25, -0.2) is 4.79 Å². The van der Waals surface area contributed by atoms with Crippen molar-refractivity contribution in [2.45, 2.75) is 45.2 Å². The van der Waals surface area contributed by atoms with Gasteiger partial charge in [0.15, 0.2) is 0 Å². The smallest absolute Gasteiger partial charge is 0.315 e. The number of carbonyl (C=O) groups excluding carboxylic acids is 2. The lowest BCUT2D eigenvalue weighted by Crippen LogP contribution is -2.46. The van der Waals surface area contributed by atoms with Crippen LogP contribution in [0.4, 0.5) is 4.79 Å². The molecule has 0 aromatic rings. The molecule has 7 heteroatoms. The Kier molecular flexibility index (Phi) is 5.59. The first kappa shape index (κ1) is 15.3. The minimum absolute atomic E-state index is 0.0310. The highest BCUT2D eigenvalue weighted by Crippen LogP contribution is 2.25. The van der Waals surface area contributed by atoms with Gasteiger partial charge in [-0.15, -0.1) is 0 Å². The van der Waals surface area contributed by atoms with Crippen molar-refractivity contribution in [2.75, 3.05) is 6.54 Å². The predicted molar refractivity (Wildman–Crippen MR) is 68.6 cm³/mol. The number of amides is 3. The number of nitrogens with one attached hydrogen (secondary N) is 3. The van der Waals surface area contributed by atoms with E-state index in [4.69, 9.17) is 5.11 Å². The molecule has 0 saturated heterocycles. The van der Waals surface area contributed by atoms with Crippen molar-refractivity contribution >= 4 is 17.9 Å². The van der Waals surface area contributed by atoms with Crippen LogP contribution in [-0.2, 0) is 9.59 Å². The Hall–Kier alpha value is -1.79. The molecule has 1 aliphatic carbocycles. The molecule has 1 fully saturated rings. The van der Waals surface area contributed by atoms with Crippen molar-refractivity contribution in [3.8, 4) is 0 Å². The Labute approximate surface area is 112 Å². The molecule has 4 N–H and O–H groups in total. The highest BCUT2D eigenvalue weighted by Gasteiger charge is 2.30. The van der Waals surface area contributed by atoms with Crippen LogP contribution >= 0.6 is 0 Å². The summed E-state index contributed by atoms with van der Waals surface area (Å²) in [5.41, 5.74) is 0. The van der Waals surface area contributed by atoms with Crippen LogP contribution in [0.1, 0.15) is 33.1 Å². The van der Waals surface area contributed by atoms with Crippen LogP contribution < -0.4 is 16.0 Å². The maximum Gasteiger partial charge on any atom is 0.315 e. The minimum atomic E-state index is -0.819. The summed E-state index contributed by atoms with van der Waals surface area (Å²) in [6.07, 6.45) is 1.68. The van der Waals surface area contributed by atoms with E-state index in [1.165, 1.54) is 0 Å². The van der Waals surface area contributed by atoms with E-state index in [2.05, 4.69) is 16.0 Å². The van der Waals surface area contributed by atoms with Gasteiger partial charge in [0.1, 0.15) is 0 Å². The molecule has 0 heterocycles. The van der Waals surface area contributed by atoms with Gasteiger partial charge in [-0.05, 0) is 33.1 Å². The van der Waals surface area contributed by atoms with Crippen LogP contribution in [0.15, 0.2) is 0 Å². The molecule has 108 valence electrons. The zero-order chi connectivity index (χ0) is 14.4. The third-order valence-corrected chi connectivity index (χ3v) is 2.98. The molecule has 3 amide bonds. The van der Waals surface area contributed by atoms with Gasteiger partial charge in [0, 0.05) is 12.1 Å². The first-order valence-corrected chi connectivity index (χ1v) is 6.45.